The number of anilines is 2. The van der Waals surface area contributed by atoms with Crippen LogP contribution in [0.3, 0.4) is 0 Å². The van der Waals surface area contributed by atoms with E-state index in [-0.39, 0.29) is 64.4 Å². The number of carbonyl (C=O) groups is 1. The Balaban J connectivity index is 0.000000184. The molecule has 0 spiro atoms. The summed E-state index contributed by atoms with van der Waals surface area (Å²) in [5.41, 5.74) is 9.05. The number of rotatable bonds is 13. The Hall–Kier alpha value is -5.86. The maximum atomic E-state index is 14.6. The number of H-pyrrole nitrogens is 1. The minimum absolute atomic E-state index is 0.0232. The second-order valence-electron chi connectivity index (χ2n) is 16.8. The first-order valence-electron chi connectivity index (χ1n) is 22.0. The molecule has 6 N–H and O–H groups in total. The van der Waals surface area contributed by atoms with Gasteiger partial charge in [-0.3, -0.25) is 4.79 Å². The number of pyridine rings is 2. The first-order valence-corrected chi connectivity index (χ1v) is 24.2. The highest BCUT2D eigenvalue weighted by Crippen LogP contribution is 2.34. The lowest BCUT2D eigenvalue weighted by Crippen LogP contribution is -2.45. The van der Waals surface area contributed by atoms with Crippen molar-refractivity contribution in [2.75, 3.05) is 37.4 Å². The number of benzene rings is 1. The molecule has 2 aliphatic rings. The molecule has 352 valence electrons. The minimum atomic E-state index is -3.98. The molecule has 1 amide bonds. The zero-order valence-electron chi connectivity index (χ0n) is 36.8. The van der Waals surface area contributed by atoms with Gasteiger partial charge in [0.05, 0.1) is 27.3 Å². The van der Waals surface area contributed by atoms with E-state index < -0.39 is 21.7 Å². The molecule has 6 heterocycles. The fourth-order valence-electron chi connectivity index (χ4n) is 8.61. The summed E-state index contributed by atoms with van der Waals surface area (Å²) in [6.45, 7) is 2.89. The van der Waals surface area contributed by atoms with Gasteiger partial charge in [-0.1, -0.05) is 66.6 Å². The second kappa shape index (κ2) is 21.0. The Morgan fingerprint density at radius 2 is 1.42 bits per heavy atom. The molecule has 16 nitrogen and oxygen atoms in total. The number of aryl methyl sites for hydroxylation is 1. The lowest BCUT2D eigenvalue weighted by Gasteiger charge is -2.32. The molecule has 2 aliphatic carbocycles. The molecule has 67 heavy (non-hydrogen) atoms. The third kappa shape index (κ3) is 11.0. The number of amides is 1. The van der Waals surface area contributed by atoms with E-state index in [1.807, 2.05) is 6.92 Å². The van der Waals surface area contributed by atoms with E-state index >= 15 is 0 Å². The molecule has 6 aromatic heterocycles. The third-order valence-corrected chi connectivity index (χ3v) is 14.3. The van der Waals surface area contributed by atoms with Crippen LogP contribution in [0, 0.1) is 30.4 Å². The number of aromatic amines is 1. The Bertz CT molecular complexity index is 2990. The van der Waals surface area contributed by atoms with Crippen LogP contribution in [0.1, 0.15) is 56.9 Å². The smallest absolute Gasteiger partial charge is 0.269 e. The van der Waals surface area contributed by atoms with E-state index in [9.17, 15) is 22.0 Å². The molecule has 7 aromatic rings. The fraction of sp³-hybridized carbons (Fsp3) is 0.370. The van der Waals surface area contributed by atoms with Crippen molar-refractivity contribution >= 4 is 72.8 Å². The van der Waals surface area contributed by atoms with Crippen LogP contribution in [0.2, 0.25) is 10.0 Å². The highest BCUT2D eigenvalue weighted by atomic mass is 35.5. The molecule has 4 atom stereocenters. The van der Waals surface area contributed by atoms with Crippen molar-refractivity contribution < 1.29 is 26.7 Å². The van der Waals surface area contributed by atoms with E-state index in [1.54, 1.807) is 48.8 Å². The van der Waals surface area contributed by atoms with Crippen LogP contribution < -0.4 is 21.7 Å². The van der Waals surface area contributed by atoms with Gasteiger partial charge in [-0.05, 0) is 68.7 Å². The Kier molecular flexibility index (Phi) is 14.9. The van der Waals surface area contributed by atoms with Crippen molar-refractivity contribution in [3.8, 4) is 22.8 Å². The van der Waals surface area contributed by atoms with E-state index in [2.05, 4.69) is 50.8 Å². The third-order valence-electron chi connectivity index (χ3n) is 12.2. The van der Waals surface area contributed by atoms with Crippen LogP contribution in [-0.4, -0.2) is 92.1 Å². The molecule has 0 radical (unpaired) electrons. The molecule has 9 rings (SSSR count). The topological polar surface area (TPSA) is 221 Å². The summed E-state index contributed by atoms with van der Waals surface area (Å²) in [5, 5.41) is 11.2. The van der Waals surface area contributed by atoms with Crippen molar-refractivity contribution in [3.63, 3.8) is 0 Å². The van der Waals surface area contributed by atoms with Crippen molar-refractivity contribution in [2.24, 2.45) is 17.6 Å². The summed E-state index contributed by atoms with van der Waals surface area (Å²) >= 11 is 12.3. The highest BCUT2D eigenvalue weighted by molar-refractivity contribution is 7.90. The first kappa shape index (κ1) is 47.6. The van der Waals surface area contributed by atoms with Crippen LogP contribution in [0.25, 0.3) is 44.8 Å². The predicted molar refractivity (Wildman–Crippen MR) is 254 cm³/mol. The number of methoxy groups -OCH3 is 1. The van der Waals surface area contributed by atoms with Gasteiger partial charge in [0.25, 0.3) is 10.0 Å². The van der Waals surface area contributed by atoms with E-state index in [0.717, 1.165) is 78.7 Å². The van der Waals surface area contributed by atoms with Gasteiger partial charge in [0, 0.05) is 79.0 Å². The number of hydrogen-bond acceptors (Lipinski definition) is 13. The second-order valence-corrected chi connectivity index (χ2v) is 19.5. The van der Waals surface area contributed by atoms with Crippen LogP contribution >= 0.6 is 23.2 Å². The van der Waals surface area contributed by atoms with E-state index in [1.165, 1.54) is 19.5 Å². The van der Waals surface area contributed by atoms with Crippen LogP contribution in [0.15, 0.2) is 78.5 Å². The molecule has 2 fully saturated rings. The van der Waals surface area contributed by atoms with Crippen molar-refractivity contribution in [3.05, 3.63) is 101 Å². The van der Waals surface area contributed by atoms with Gasteiger partial charge in [-0.2, -0.15) is 0 Å². The van der Waals surface area contributed by atoms with Gasteiger partial charge in [0.15, 0.2) is 40.6 Å². The Morgan fingerprint density at radius 3 is 2.09 bits per heavy atom. The standard InChI is InChI=1S/C25H26ClFN6O2S.C21H24ClFN6O2/c1-15-6-8-18(9-7-15)36(34,35)33-14-20(19-10-17(26)12-31-25(19)33)23-30-13-21(27)24(32-23)29-11-16-4-2-3-5-22(16)28;1-31-11-18(30)28-17-5-3-2-4-12(17)7-24-21-16(23)10-27-20(29-21)15-9-26-19-14(15)6-13(22)8-25-19/h6-10,12-14,16,22H,2-5,11,28H2,1H3,(H,29,30,32);6,8-10,12,17H,2-5,7,11H2,1H3,(H,25,26)(H,28,30)(H,24,27,29)/t16?,22-;12?,17-/m11/s1. The molecule has 1 aromatic carbocycles. The van der Waals surface area contributed by atoms with Gasteiger partial charge in [0.2, 0.25) is 5.91 Å². The molecule has 0 aliphatic heterocycles. The van der Waals surface area contributed by atoms with Crippen LogP contribution in [-0.2, 0) is 19.6 Å². The average molecular weight is 976 g/mol. The minimum Gasteiger partial charge on any atom is -0.375 e. The number of ether oxygens (including phenoxy) is 1. The monoisotopic (exact) mass is 974 g/mol. The van der Waals surface area contributed by atoms with E-state index in [4.69, 9.17) is 33.7 Å². The Labute approximate surface area is 395 Å². The largest absolute Gasteiger partial charge is 0.375 e. The molecule has 21 heteroatoms. The summed E-state index contributed by atoms with van der Waals surface area (Å²) < 4.78 is 62.0. The first-order chi connectivity index (χ1) is 32.3. The molecule has 2 unspecified atom stereocenters. The van der Waals surface area contributed by atoms with E-state index in [0.29, 0.717) is 51.1 Å². The molecular formula is C46H50Cl2F2N12O4S. The van der Waals surface area contributed by atoms with Gasteiger partial charge in [-0.25, -0.2) is 51.1 Å². The fourth-order valence-corrected chi connectivity index (χ4v) is 10.3. The molecule has 0 saturated heterocycles. The zero-order valence-corrected chi connectivity index (χ0v) is 39.1. The number of hydrogen-bond donors (Lipinski definition) is 5. The van der Waals surface area contributed by atoms with Gasteiger partial charge in [-0.15, -0.1) is 0 Å². The summed E-state index contributed by atoms with van der Waals surface area (Å²) in [6.07, 6.45) is 16.4. The molecule has 0 bridgehead atoms. The van der Waals surface area contributed by atoms with Gasteiger partial charge < -0.3 is 31.4 Å². The lowest BCUT2D eigenvalue weighted by molar-refractivity contribution is -0.126. The lowest BCUT2D eigenvalue weighted by atomic mass is 9.84. The molecule has 2 saturated carbocycles. The van der Waals surface area contributed by atoms with Crippen LogP contribution in [0.4, 0.5) is 20.4 Å². The summed E-state index contributed by atoms with van der Waals surface area (Å²) in [5.74, 6) is -0.194. The van der Waals surface area contributed by atoms with Gasteiger partial charge in [0.1, 0.15) is 12.3 Å². The normalized spacial score (nSPS) is 18.6. The number of halogens is 4. The number of nitrogens with zero attached hydrogens (tertiary/aromatic N) is 7. The number of fused-ring (bicyclic) bond motifs is 2. The predicted octanol–water partition coefficient (Wildman–Crippen LogP) is 8.31. The summed E-state index contributed by atoms with van der Waals surface area (Å²) in [4.78, 5) is 40.7. The quantitative estimate of drug-likeness (QED) is 0.0735. The SMILES string of the molecule is COCC(=O)N[C@@H]1CCCCC1CNc1nc(-c2c[nH]c3ncc(Cl)cc23)ncc1F.Cc1ccc(S(=O)(=O)n2cc(-c3ncc(F)c(NCC4CCCC[C@H]4N)n3)c3cc(Cl)cnc32)cc1. The molecular weight excluding hydrogens is 926 g/mol. The van der Waals surface area contributed by atoms with Crippen molar-refractivity contribution in [1.29, 1.82) is 0 Å². The van der Waals surface area contributed by atoms with Crippen LogP contribution in [0.5, 0.6) is 0 Å². The average Bonchev–Trinajstić information content (AvgIpc) is 3.92. The highest BCUT2D eigenvalue weighted by Gasteiger charge is 2.28. The van der Waals surface area contributed by atoms with Crippen molar-refractivity contribution in [1.82, 2.24) is 44.2 Å². The maximum Gasteiger partial charge on any atom is 0.269 e. The summed E-state index contributed by atoms with van der Waals surface area (Å²) in [6, 6.07) is 9.98. The zero-order chi connectivity index (χ0) is 47.2. The summed E-state index contributed by atoms with van der Waals surface area (Å²) in [7, 11) is -2.49. The number of carbonyl (C=O) groups excluding carboxylic acids is 1. The van der Waals surface area contributed by atoms with Gasteiger partial charge >= 0.3 is 0 Å². The van der Waals surface area contributed by atoms with Crippen molar-refractivity contribution in [2.45, 2.75) is 75.3 Å². The Morgan fingerprint density at radius 1 is 0.821 bits per heavy atom. The number of nitrogens with one attached hydrogen (secondary N) is 4. The maximum absolute atomic E-state index is 14.6. The number of aromatic nitrogens is 8. The number of nitrogens with two attached hydrogens (primary N) is 1.